The average molecular weight is 276 g/mol. The molecule has 2 nitrogen and oxygen atoms in total. The summed E-state index contributed by atoms with van der Waals surface area (Å²) >= 11 is 11.0. The molecule has 17 heavy (non-hydrogen) atoms. The Kier molecular flexibility index (Phi) is 4.33. The summed E-state index contributed by atoms with van der Waals surface area (Å²) < 4.78 is 18.6. The molecule has 0 unspecified atom stereocenters. The zero-order valence-corrected chi connectivity index (χ0v) is 11.6. The van der Waals surface area contributed by atoms with Gasteiger partial charge in [0.15, 0.2) is 5.05 Å². The minimum atomic E-state index is -0.526. The highest BCUT2D eigenvalue weighted by molar-refractivity contribution is 7.80. The number of thiocarbonyl (C=S) groups is 1. The van der Waals surface area contributed by atoms with Crippen molar-refractivity contribution < 1.29 is 9.13 Å². The molecule has 1 aromatic rings. The monoisotopic (exact) mass is 275 g/mol. The van der Waals surface area contributed by atoms with Gasteiger partial charge in [0.1, 0.15) is 11.4 Å². The van der Waals surface area contributed by atoms with Crippen molar-refractivity contribution in [1.29, 1.82) is 0 Å². The van der Waals surface area contributed by atoms with Crippen molar-refractivity contribution in [2.24, 2.45) is 0 Å². The Hall–Kier alpha value is -0.870. The zero-order chi connectivity index (χ0) is 13.2. The normalized spacial score (nSPS) is 11.4. The highest BCUT2D eigenvalue weighted by atomic mass is 35.5. The summed E-state index contributed by atoms with van der Waals surface area (Å²) in [7, 11) is 0. The summed E-state index contributed by atoms with van der Waals surface area (Å²) in [5.74, 6) is -0.526. The van der Waals surface area contributed by atoms with Crippen LogP contribution < -0.4 is 5.73 Å². The third-order valence-corrected chi connectivity index (χ3v) is 2.50. The van der Waals surface area contributed by atoms with Gasteiger partial charge in [0.25, 0.3) is 0 Å². The summed E-state index contributed by atoms with van der Waals surface area (Å²) in [4.78, 5) is 0. The SMILES string of the molecule is CC(C)(C)OC(=S)Cc1cc(N)c(F)cc1Cl. The number of nitrogens with two attached hydrogens (primary N) is 1. The smallest absolute Gasteiger partial charge is 0.164 e. The molecule has 0 radical (unpaired) electrons. The summed E-state index contributed by atoms with van der Waals surface area (Å²) in [5.41, 5.74) is 5.85. The van der Waals surface area contributed by atoms with Gasteiger partial charge in [0.2, 0.25) is 0 Å². The lowest BCUT2D eigenvalue weighted by atomic mass is 10.1. The summed E-state index contributed by atoms with van der Waals surface area (Å²) in [6.07, 6.45) is 0.343. The van der Waals surface area contributed by atoms with E-state index in [0.29, 0.717) is 22.1 Å². The molecule has 94 valence electrons. The van der Waals surface area contributed by atoms with Crippen LogP contribution in [0.2, 0.25) is 5.02 Å². The fraction of sp³-hybridized carbons (Fsp3) is 0.417. The van der Waals surface area contributed by atoms with Gasteiger partial charge in [-0.1, -0.05) is 11.6 Å². The molecule has 0 saturated heterocycles. The molecule has 0 bridgehead atoms. The van der Waals surface area contributed by atoms with Crippen LogP contribution >= 0.6 is 23.8 Å². The fourth-order valence-electron chi connectivity index (χ4n) is 1.28. The van der Waals surface area contributed by atoms with Crippen LogP contribution in [0.3, 0.4) is 0 Å². The minimum absolute atomic E-state index is 0.0583. The predicted octanol–water partition coefficient (Wildman–Crippen LogP) is 3.75. The maximum Gasteiger partial charge on any atom is 0.164 e. The highest BCUT2D eigenvalue weighted by Gasteiger charge is 2.15. The molecule has 0 spiro atoms. The van der Waals surface area contributed by atoms with Crippen LogP contribution in [0.25, 0.3) is 0 Å². The van der Waals surface area contributed by atoms with E-state index in [-0.39, 0.29) is 11.3 Å². The van der Waals surface area contributed by atoms with Crippen molar-refractivity contribution in [3.63, 3.8) is 0 Å². The van der Waals surface area contributed by atoms with Crippen molar-refractivity contribution in [2.45, 2.75) is 32.8 Å². The quantitative estimate of drug-likeness (QED) is 0.660. The first kappa shape index (κ1) is 14.2. The van der Waals surface area contributed by atoms with Crippen LogP contribution in [0.15, 0.2) is 12.1 Å². The number of halogens is 2. The van der Waals surface area contributed by atoms with Crippen LogP contribution in [-0.4, -0.2) is 10.7 Å². The number of benzene rings is 1. The lowest BCUT2D eigenvalue weighted by molar-refractivity contribution is 0.118. The van der Waals surface area contributed by atoms with E-state index in [1.54, 1.807) is 0 Å². The molecular weight excluding hydrogens is 261 g/mol. The van der Waals surface area contributed by atoms with Crippen molar-refractivity contribution in [3.05, 3.63) is 28.5 Å². The topological polar surface area (TPSA) is 35.2 Å². The van der Waals surface area contributed by atoms with Crippen molar-refractivity contribution in [2.75, 3.05) is 5.73 Å². The molecule has 0 atom stereocenters. The Labute approximate surface area is 111 Å². The molecule has 0 amide bonds. The van der Waals surface area contributed by atoms with Crippen LogP contribution in [0.1, 0.15) is 26.3 Å². The number of rotatable bonds is 2. The van der Waals surface area contributed by atoms with Gasteiger partial charge in [-0.15, -0.1) is 0 Å². The molecule has 0 aliphatic carbocycles. The maximum absolute atomic E-state index is 13.1. The second-order valence-electron chi connectivity index (χ2n) is 4.73. The maximum atomic E-state index is 13.1. The van der Waals surface area contributed by atoms with Gasteiger partial charge >= 0.3 is 0 Å². The van der Waals surface area contributed by atoms with Crippen molar-refractivity contribution in [1.82, 2.24) is 0 Å². The van der Waals surface area contributed by atoms with E-state index in [1.165, 1.54) is 12.1 Å². The van der Waals surface area contributed by atoms with Crippen LogP contribution in [0, 0.1) is 5.82 Å². The Balaban J connectivity index is 2.82. The van der Waals surface area contributed by atoms with Crippen LogP contribution in [0.4, 0.5) is 10.1 Å². The zero-order valence-electron chi connectivity index (χ0n) is 10.0. The largest absolute Gasteiger partial charge is 0.481 e. The van der Waals surface area contributed by atoms with Gasteiger partial charge < -0.3 is 10.5 Å². The fourth-order valence-corrected chi connectivity index (χ4v) is 1.90. The highest BCUT2D eigenvalue weighted by Crippen LogP contribution is 2.23. The van der Waals surface area contributed by atoms with Gasteiger partial charge in [-0.05, 0) is 50.7 Å². The van der Waals surface area contributed by atoms with E-state index >= 15 is 0 Å². The molecule has 1 aromatic carbocycles. The molecule has 0 fully saturated rings. The first-order chi connectivity index (χ1) is 7.69. The summed E-state index contributed by atoms with van der Waals surface area (Å²) in [6, 6.07) is 2.67. The third-order valence-electron chi connectivity index (χ3n) is 1.92. The van der Waals surface area contributed by atoms with Gasteiger partial charge in [0, 0.05) is 11.4 Å². The molecule has 0 heterocycles. The van der Waals surface area contributed by atoms with Crippen LogP contribution in [0.5, 0.6) is 0 Å². The molecule has 0 aliphatic heterocycles. The van der Waals surface area contributed by atoms with Gasteiger partial charge in [-0.2, -0.15) is 0 Å². The van der Waals surface area contributed by atoms with Crippen molar-refractivity contribution >= 4 is 34.6 Å². The summed E-state index contributed by atoms with van der Waals surface area (Å²) in [5, 5.41) is 0.710. The van der Waals surface area contributed by atoms with Gasteiger partial charge in [-0.25, -0.2) is 4.39 Å². The van der Waals surface area contributed by atoms with E-state index in [0.717, 1.165) is 0 Å². The molecular formula is C12H15ClFNOS. The number of hydrogen-bond acceptors (Lipinski definition) is 3. The summed E-state index contributed by atoms with van der Waals surface area (Å²) in [6.45, 7) is 5.71. The average Bonchev–Trinajstić information content (AvgIpc) is 2.11. The second-order valence-corrected chi connectivity index (χ2v) is 5.59. The molecule has 1 rings (SSSR count). The van der Waals surface area contributed by atoms with Gasteiger partial charge in [0.05, 0.1) is 5.69 Å². The van der Waals surface area contributed by atoms with E-state index in [1.807, 2.05) is 20.8 Å². The van der Waals surface area contributed by atoms with E-state index in [2.05, 4.69) is 0 Å². The minimum Gasteiger partial charge on any atom is -0.481 e. The third kappa shape index (κ3) is 4.48. The lowest BCUT2D eigenvalue weighted by Crippen LogP contribution is -2.24. The number of anilines is 1. The van der Waals surface area contributed by atoms with Crippen molar-refractivity contribution in [3.8, 4) is 0 Å². The molecule has 2 N–H and O–H groups in total. The van der Waals surface area contributed by atoms with E-state index in [4.69, 9.17) is 34.3 Å². The lowest BCUT2D eigenvalue weighted by Gasteiger charge is -2.21. The Morgan fingerprint density at radius 3 is 2.59 bits per heavy atom. The molecule has 5 heteroatoms. The molecule has 0 aromatic heterocycles. The predicted molar refractivity (Wildman–Crippen MR) is 73.0 cm³/mol. The van der Waals surface area contributed by atoms with Crippen LogP contribution in [-0.2, 0) is 11.2 Å². The Morgan fingerprint density at radius 2 is 2.06 bits per heavy atom. The van der Waals surface area contributed by atoms with E-state index in [9.17, 15) is 4.39 Å². The Bertz CT molecular complexity index is 443. The first-order valence-electron chi connectivity index (χ1n) is 5.14. The standard InChI is InChI=1S/C12H15ClFNOS/c1-12(2,3)16-11(17)5-7-4-10(15)9(14)6-8(7)13/h4,6H,5,15H2,1-3H3. The molecule has 0 saturated carbocycles. The number of ether oxygens (including phenoxy) is 1. The van der Waals surface area contributed by atoms with Gasteiger partial charge in [-0.3, -0.25) is 0 Å². The number of hydrogen-bond donors (Lipinski definition) is 1. The van der Waals surface area contributed by atoms with E-state index < -0.39 is 5.82 Å². The second kappa shape index (κ2) is 5.19. The number of nitrogen functional groups attached to an aromatic ring is 1. The Morgan fingerprint density at radius 1 is 1.47 bits per heavy atom. The molecule has 0 aliphatic rings. The first-order valence-corrected chi connectivity index (χ1v) is 5.93.